The van der Waals surface area contributed by atoms with Gasteiger partial charge in [0.25, 0.3) is 0 Å². The Balaban J connectivity index is 2.18. The highest BCUT2D eigenvalue weighted by atomic mass is 32.1. The molecule has 4 nitrogen and oxygen atoms in total. The van der Waals surface area contributed by atoms with Crippen LogP contribution < -0.4 is 19.5 Å². The Kier molecular flexibility index (Phi) is 5.00. The lowest BCUT2D eigenvalue weighted by atomic mass is 10.2. The van der Waals surface area contributed by atoms with Crippen LogP contribution in [0.3, 0.4) is 0 Å². The van der Waals surface area contributed by atoms with Gasteiger partial charge in [-0.2, -0.15) is 0 Å². The number of anilines is 1. The number of hydrogen-bond acceptors (Lipinski definition) is 4. The van der Waals surface area contributed by atoms with Crippen molar-refractivity contribution in [2.45, 2.75) is 0 Å². The summed E-state index contributed by atoms with van der Waals surface area (Å²) in [7, 11) is 4.86. The van der Waals surface area contributed by atoms with Crippen molar-refractivity contribution in [1.82, 2.24) is 0 Å². The van der Waals surface area contributed by atoms with Gasteiger partial charge in [-0.25, -0.2) is 0 Å². The molecule has 21 heavy (non-hydrogen) atoms. The van der Waals surface area contributed by atoms with Crippen molar-refractivity contribution in [2.24, 2.45) is 0 Å². The standard InChI is InChI=1S/C16H17NO3S/c1-18-12-6-4-11(5-7-12)16(21)17-14-9-8-13(19-2)10-15(14)20-3/h4-10H,1-3H3,(H,17,21). The lowest BCUT2D eigenvalue weighted by Crippen LogP contribution is -2.11. The smallest absolute Gasteiger partial charge is 0.146 e. The van der Waals surface area contributed by atoms with Gasteiger partial charge >= 0.3 is 0 Å². The van der Waals surface area contributed by atoms with E-state index in [1.165, 1.54) is 0 Å². The summed E-state index contributed by atoms with van der Waals surface area (Å²) in [6.07, 6.45) is 0. The van der Waals surface area contributed by atoms with Crippen molar-refractivity contribution < 1.29 is 14.2 Å². The second kappa shape index (κ2) is 6.95. The molecule has 2 aromatic rings. The summed E-state index contributed by atoms with van der Waals surface area (Å²) in [6, 6.07) is 13.1. The van der Waals surface area contributed by atoms with Gasteiger partial charge in [-0.1, -0.05) is 12.2 Å². The van der Waals surface area contributed by atoms with Crippen molar-refractivity contribution >= 4 is 22.9 Å². The Morgan fingerprint density at radius 1 is 0.857 bits per heavy atom. The first kappa shape index (κ1) is 15.1. The molecule has 5 heteroatoms. The molecule has 0 amide bonds. The maximum absolute atomic E-state index is 5.41. The molecule has 1 N–H and O–H groups in total. The summed E-state index contributed by atoms with van der Waals surface area (Å²) >= 11 is 5.41. The Hall–Kier alpha value is -2.27. The van der Waals surface area contributed by atoms with Gasteiger partial charge < -0.3 is 19.5 Å². The molecule has 0 fully saturated rings. The third kappa shape index (κ3) is 3.64. The molecule has 0 saturated heterocycles. The minimum Gasteiger partial charge on any atom is -0.497 e. The number of ether oxygens (including phenoxy) is 3. The first-order chi connectivity index (χ1) is 10.2. The van der Waals surface area contributed by atoms with Gasteiger partial charge in [-0.3, -0.25) is 0 Å². The molecule has 0 aliphatic carbocycles. The lowest BCUT2D eigenvalue weighted by molar-refractivity contribution is 0.395. The van der Waals surface area contributed by atoms with Crippen molar-refractivity contribution in [3.63, 3.8) is 0 Å². The van der Waals surface area contributed by atoms with Crippen LogP contribution in [0.1, 0.15) is 5.56 Å². The van der Waals surface area contributed by atoms with Crippen LogP contribution in [0.2, 0.25) is 0 Å². The van der Waals surface area contributed by atoms with Crippen LogP contribution in [0, 0.1) is 0 Å². The number of hydrogen-bond donors (Lipinski definition) is 1. The zero-order chi connectivity index (χ0) is 15.2. The largest absolute Gasteiger partial charge is 0.497 e. The third-order valence-electron chi connectivity index (χ3n) is 3.01. The van der Waals surface area contributed by atoms with E-state index < -0.39 is 0 Å². The second-order valence-corrected chi connectivity index (χ2v) is 4.66. The van der Waals surface area contributed by atoms with Gasteiger partial charge in [0.05, 0.1) is 27.0 Å². The molecule has 0 spiro atoms. The first-order valence-electron chi connectivity index (χ1n) is 6.35. The van der Waals surface area contributed by atoms with Gasteiger partial charge in [0.15, 0.2) is 0 Å². The fourth-order valence-corrected chi connectivity index (χ4v) is 2.08. The molecule has 0 radical (unpaired) electrons. The summed E-state index contributed by atoms with van der Waals surface area (Å²) in [6.45, 7) is 0. The Morgan fingerprint density at radius 2 is 1.48 bits per heavy atom. The molecule has 2 aromatic carbocycles. The normalized spacial score (nSPS) is 9.86. The molecular formula is C16H17NO3S. The minimum atomic E-state index is 0.612. The highest BCUT2D eigenvalue weighted by Crippen LogP contribution is 2.29. The van der Waals surface area contributed by atoms with Gasteiger partial charge in [0.1, 0.15) is 22.2 Å². The maximum atomic E-state index is 5.41. The number of methoxy groups -OCH3 is 3. The molecule has 0 aromatic heterocycles. The van der Waals surface area contributed by atoms with E-state index in [2.05, 4.69) is 5.32 Å². The van der Waals surface area contributed by atoms with Crippen molar-refractivity contribution in [1.29, 1.82) is 0 Å². The average molecular weight is 303 g/mol. The highest BCUT2D eigenvalue weighted by molar-refractivity contribution is 7.81. The maximum Gasteiger partial charge on any atom is 0.146 e. The van der Waals surface area contributed by atoms with Crippen LogP contribution in [-0.2, 0) is 0 Å². The molecule has 0 aliphatic heterocycles. The van der Waals surface area contributed by atoms with E-state index in [9.17, 15) is 0 Å². The zero-order valence-corrected chi connectivity index (χ0v) is 13.0. The van der Waals surface area contributed by atoms with Gasteiger partial charge in [-0.05, 0) is 36.4 Å². The first-order valence-corrected chi connectivity index (χ1v) is 6.76. The summed E-state index contributed by atoms with van der Waals surface area (Å²) < 4.78 is 15.6. The third-order valence-corrected chi connectivity index (χ3v) is 3.35. The second-order valence-electron chi connectivity index (χ2n) is 4.25. The van der Waals surface area contributed by atoms with Crippen molar-refractivity contribution in [2.75, 3.05) is 26.6 Å². The van der Waals surface area contributed by atoms with Gasteiger partial charge in [-0.15, -0.1) is 0 Å². The molecule has 2 rings (SSSR count). The molecular weight excluding hydrogens is 286 g/mol. The van der Waals surface area contributed by atoms with E-state index in [0.29, 0.717) is 10.7 Å². The number of rotatable bonds is 5. The Labute approximate surface area is 129 Å². The molecule has 0 aliphatic rings. The Morgan fingerprint density at radius 3 is 2.05 bits per heavy atom. The van der Waals surface area contributed by atoms with E-state index >= 15 is 0 Å². The van der Waals surface area contributed by atoms with Crippen LogP contribution in [0.5, 0.6) is 17.2 Å². The van der Waals surface area contributed by atoms with Gasteiger partial charge in [0, 0.05) is 11.6 Å². The quantitative estimate of drug-likeness (QED) is 0.856. The molecule has 0 saturated carbocycles. The van der Waals surface area contributed by atoms with E-state index in [-0.39, 0.29) is 0 Å². The van der Waals surface area contributed by atoms with Crippen LogP contribution in [0.25, 0.3) is 0 Å². The van der Waals surface area contributed by atoms with E-state index in [4.69, 9.17) is 26.4 Å². The van der Waals surface area contributed by atoms with E-state index in [1.807, 2.05) is 36.4 Å². The SMILES string of the molecule is COc1ccc(C(=S)Nc2ccc(OC)cc2OC)cc1. The Bertz CT molecular complexity index is 626. The topological polar surface area (TPSA) is 39.7 Å². The lowest BCUT2D eigenvalue weighted by Gasteiger charge is -2.13. The van der Waals surface area contributed by atoms with Crippen molar-refractivity contribution in [3.8, 4) is 17.2 Å². The number of nitrogens with one attached hydrogen (secondary N) is 1. The summed E-state index contributed by atoms with van der Waals surface area (Å²) in [5.74, 6) is 2.20. The van der Waals surface area contributed by atoms with Crippen LogP contribution in [0.4, 0.5) is 5.69 Å². The minimum absolute atomic E-state index is 0.612. The predicted molar refractivity (Wildman–Crippen MR) is 87.9 cm³/mol. The van der Waals surface area contributed by atoms with Crippen LogP contribution in [-0.4, -0.2) is 26.3 Å². The monoisotopic (exact) mass is 303 g/mol. The van der Waals surface area contributed by atoms with E-state index in [0.717, 1.165) is 22.7 Å². The van der Waals surface area contributed by atoms with E-state index in [1.54, 1.807) is 27.4 Å². The highest BCUT2D eigenvalue weighted by Gasteiger charge is 2.08. The van der Waals surface area contributed by atoms with Crippen molar-refractivity contribution in [3.05, 3.63) is 48.0 Å². The average Bonchev–Trinajstić information content (AvgIpc) is 2.55. The fourth-order valence-electron chi connectivity index (χ4n) is 1.84. The summed E-state index contributed by atoms with van der Waals surface area (Å²) in [5.41, 5.74) is 1.70. The summed E-state index contributed by atoms with van der Waals surface area (Å²) in [4.78, 5) is 0.612. The fraction of sp³-hybridized carbons (Fsp3) is 0.188. The van der Waals surface area contributed by atoms with Gasteiger partial charge in [0.2, 0.25) is 0 Å². The van der Waals surface area contributed by atoms with Crippen LogP contribution in [0.15, 0.2) is 42.5 Å². The number of thiocarbonyl (C=S) groups is 1. The molecule has 0 unspecified atom stereocenters. The molecule has 0 heterocycles. The number of benzene rings is 2. The van der Waals surface area contributed by atoms with Crippen LogP contribution >= 0.6 is 12.2 Å². The molecule has 0 bridgehead atoms. The summed E-state index contributed by atoms with van der Waals surface area (Å²) in [5, 5.41) is 3.18. The predicted octanol–water partition coefficient (Wildman–Crippen LogP) is 3.50. The zero-order valence-electron chi connectivity index (χ0n) is 12.2. The molecule has 0 atom stereocenters. The molecule has 110 valence electrons.